The highest BCUT2D eigenvalue weighted by atomic mass is 19.1. The van der Waals surface area contributed by atoms with Gasteiger partial charge in [0.05, 0.1) is 5.69 Å². The van der Waals surface area contributed by atoms with Crippen LogP contribution in [-0.2, 0) is 24.2 Å². The number of hydrogen-bond donors (Lipinski definition) is 1. The van der Waals surface area contributed by atoms with Gasteiger partial charge in [-0.2, -0.15) is 0 Å². The highest BCUT2D eigenvalue weighted by molar-refractivity contribution is 6.02. The number of halogens is 1. The first-order valence-corrected chi connectivity index (χ1v) is 10.1. The SMILES string of the molecule is Cc1nc(CCc2ccc(OCc3ccc(F)cc3)nc2)nc2c1NC(=O)[C@H](C)N2C. The lowest BCUT2D eigenvalue weighted by atomic mass is 10.1. The van der Waals surface area contributed by atoms with Crippen molar-refractivity contribution in [2.45, 2.75) is 39.3 Å². The van der Waals surface area contributed by atoms with Crippen LogP contribution in [0.1, 0.15) is 29.6 Å². The number of aromatic nitrogens is 3. The average Bonchev–Trinajstić information content (AvgIpc) is 2.77. The van der Waals surface area contributed by atoms with E-state index in [1.807, 2.05) is 37.9 Å². The van der Waals surface area contributed by atoms with Crippen molar-refractivity contribution in [3.8, 4) is 5.88 Å². The molecule has 1 atom stereocenters. The van der Waals surface area contributed by atoms with Gasteiger partial charge in [0.1, 0.15) is 30.0 Å². The number of rotatable bonds is 6. The fourth-order valence-corrected chi connectivity index (χ4v) is 3.35. The summed E-state index contributed by atoms with van der Waals surface area (Å²) >= 11 is 0. The van der Waals surface area contributed by atoms with Crippen molar-refractivity contribution in [3.05, 3.63) is 71.1 Å². The van der Waals surface area contributed by atoms with E-state index in [0.717, 1.165) is 34.9 Å². The van der Waals surface area contributed by atoms with Gasteiger partial charge in [-0.1, -0.05) is 18.2 Å². The van der Waals surface area contributed by atoms with E-state index in [-0.39, 0.29) is 17.8 Å². The van der Waals surface area contributed by atoms with Crippen molar-refractivity contribution in [1.29, 1.82) is 0 Å². The molecule has 1 aliphatic rings. The molecule has 1 amide bonds. The molecule has 160 valence electrons. The van der Waals surface area contributed by atoms with Crippen LogP contribution >= 0.6 is 0 Å². The number of anilines is 2. The lowest BCUT2D eigenvalue weighted by molar-refractivity contribution is -0.117. The average molecular weight is 421 g/mol. The van der Waals surface area contributed by atoms with Crippen LogP contribution in [0.3, 0.4) is 0 Å². The molecule has 0 radical (unpaired) electrons. The molecule has 0 saturated heterocycles. The number of benzene rings is 1. The van der Waals surface area contributed by atoms with E-state index in [0.29, 0.717) is 24.6 Å². The van der Waals surface area contributed by atoms with Gasteiger partial charge in [-0.05, 0) is 43.5 Å². The first kappa shape index (κ1) is 20.7. The lowest BCUT2D eigenvalue weighted by Gasteiger charge is -2.32. The Morgan fingerprint density at radius 2 is 1.84 bits per heavy atom. The maximum atomic E-state index is 13.0. The molecule has 3 aromatic rings. The summed E-state index contributed by atoms with van der Waals surface area (Å²) in [6, 6.07) is 9.70. The summed E-state index contributed by atoms with van der Waals surface area (Å²) in [5, 5.41) is 2.89. The molecule has 0 fully saturated rings. The zero-order chi connectivity index (χ0) is 22.0. The fraction of sp³-hybridized carbons (Fsp3) is 0.304. The predicted octanol–water partition coefficient (Wildman–Crippen LogP) is 3.46. The van der Waals surface area contributed by atoms with Crippen LogP contribution in [0.25, 0.3) is 0 Å². The molecule has 1 aromatic carbocycles. The van der Waals surface area contributed by atoms with E-state index in [2.05, 4.69) is 20.3 Å². The summed E-state index contributed by atoms with van der Waals surface area (Å²) in [5.74, 6) is 1.66. The third kappa shape index (κ3) is 4.63. The Balaban J connectivity index is 1.38. The van der Waals surface area contributed by atoms with Gasteiger partial charge in [-0.15, -0.1) is 0 Å². The number of aryl methyl sites for hydroxylation is 3. The number of nitrogens with zero attached hydrogens (tertiary/aromatic N) is 4. The number of nitrogens with one attached hydrogen (secondary N) is 1. The Hall–Kier alpha value is -3.55. The third-order valence-corrected chi connectivity index (χ3v) is 5.39. The second kappa shape index (κ2) is 8.67. The minimum atomic E-state index is -0.277. The van der Waals surface area contributed by atoms with Gasteiger partial charge < -0.3 is 15.0 Å². The van der Waals surface area contributed by atoms with Crippen molar-refractivity contribution >= 4 is 17.4 Å². The second-order valence-corrected chi connectivity index (χ2v) is 7.62. The molecule has 0 saturated carbocycles. The predicted molar refractivity (Wildman–Crippen MR) is 116 cm³/mol. The van der Waals surface area contributed by atoms with E-state index in [1.54, 1.807) is 18.3 Å². The van der Waals surface area contributed by atoms with Crippen LogP contribution < -0.4 is 15.0 Å². The van der Waals surface area contributed by atoms with E-state index in [1.165, 1.54) is 12.1 Å². The number of hydrogen-bond acceptors (Lipinski definition) is 6. The molecular formula is C23H24FN5O2. The van der Waals surface area contributed by atoms with Gasteiger partial charge in [-0.3, -0.25) is 4.79 Å². The Kier molecular flexibility index (Phi) is 5.79. The zero-order valence-corrected chi connectivity index (χ0v) is 17.7. The van der Waals surface area contributed by atoms with Crippen molar-refractivity contribution in [2.75, 3.05) is 17.3 Å². The summed E-state index contributed by atoms with van der Waals surface area (Å²) in [6.45, 7) is 4.06. The smallest absolute Gasteiger partial charge is 0.246 e. The van der Waals surface area contributed by atoms with Gasteiger partial charge in [0.25, 0.3) is 0 Å². The first-order chi connectivity index (χ1) is 14.9. The highest BCUT2D eigenvalue weighted by Crippen LogP contribution is 2.31. The summed E-state index contributed by atoms with van der Waals surface area (Å²) in [5.41, 5.74) is 3.36. The third-order valence-electron chi connectivity index (χ3n) is 5.39. The highest BCUT2D eigenvalue weighted by Gasteiger charge is 2.30. The van der Waals surface area contributed by atoms with Gasteiger partial charge >= 0.3 is 0 Å². The number of fused-ring (bicyclic) bond motifs is 1. The first-order valence-electron chi connectivity index (χ1n) is 10.1. The van der Waals surface area contributed by atoms with Crippen LogP contribution in [0.4, 0.5) is 15.9 Å². The van der Waals surface area contributed by atoms with Crippen molar-refractivity contribution in [1.82, 2.24) is 15.0 Å². The number of amides is 1. The number of carbonyl (C=O) groups is 1. The van der Waals surface area contributed by atoms with E-state index in [9.17, 15) is 9.18 Å². The van der Waals surface area contributed by atoms with Gasteiger partial charge in [0.2, 0.25) is 11.8 Å². The number of ether oxygens (including phenoxy) is 1. The van der Waals surface area contributed by atoms with Crippen molar-refractivity contribution in [3.63, 3.8) is 0 Å². The molecule has 2 aromatic heterocycles. The second-order valence-electron chi connectivity index (χ2n) is 7.62. The quantitative estimate of drug-likeness (QED) is 0.657. The molecule has 4 rings (SSSR count). The molecule has 7 nitrogen and oxygen atoms in total. The van der Waals surface area contributed by atoms with Gasteiger partial charge in [-0.25, -0.2) is 19.3 Å². The maximum Gasteiger partial charge on any atom is 0.246 e. The molecular weight excluding hydrogens is 397 g/mol. The molecule has 31 heavy (non-hydrogen) atoms. The molecule has 0 bridgehead atoms. The summed E-state index contributed by atoms with van der Waals surface area (Å²) < 4.78 is 18.6. The largest absolute Gasteiger partial charge is 0.473 e. The standard InChI is InChI=1S/C23H24FN5O2/c1-14-21-22(29(3)15(2)23(30)28-21)27-19(26-14)10-6-16-7-11-20(25-12-16)31-13-17-4-8-18(24)9-5-17/h4-5,7-9,11-12,15H,6,10,13H2,1-3H3,(H,28,30)/t15-/m0/s1. The topological polar surface area (TPSA) is 80.2 Å². The van der Waals surface area contributed by atoms with Crippen LogP contribution in [0.2, 0.25) is 0 Å². The van der Waals surface area contributed by atoms with Gasteiger partial charge in [0, 0.05) is 25.7 Å². The maximum absolute atomic E-state index is 13.0. The van der Waals surface area contributed by atoms with Crippen LogP contribution in [0.5, 0.6) is 5.88 Å². The van der Waals surface area contributed by atoms with Crippen LogP contribution in [-0.4, -0.2) is 33.9 Å². The van der Waals surface area contributed by atoms with Gasteiger partial charge in [0.15, 0.2) is 5.82 Å². The normalized spacial score (nSPS) is 15.4. The van der Waals surface area contributed by atoms with E-state index >= 15 is 0 Å². The Morgan fingerprint density at radius 1 is 1.10 bits per heavy atom. The molecule has 3 heterocycles. The van der Waals surface area contributed by atoms with E-state index in [4.69, 9.17) is 4.74 Å². The minimum absolute atomic E-state index is 0.0535. The molecule has 0 aliphatic carbocycles. The number of carbonyl (C=O) groups excluding carboxylic acids is 1. The summed E-state index contributed by atoms with van der Waals surface area (Å²) in [4.78, 5) is 27.5. The molecule has 8 heteroatoms. The number of pyridine rings is 1. The van der Waals surface area contributed by atoms with Crippen molar-refractivity contribution in [2.24, 2.45) is 0 Å². The summed E-state index contributed by atoms with van der Waals surface area (Å²) in [7, 11) is 1.87. The van der Waals surface area contributed by atoms with Crippen molar-refractivity contribution < 1.29 is 13.9 Å². The monoisotopic (exact) mass is 421 g/mol. The van der Waals surface area contributed by atoms with E-state index < -0.39 is 0 Å². The Labute approximate surface area is 180 Å². The fourth-order valence-electron chi connectivity index (χ4n) is 3.35. The zero-order valence-electron chi connectivity index (χ0n) is 17.7. The molecule has 1 aliphatic heterocycles. The molecule has 0 unspecified atom stereocenters. The molecule has 1 N–H and O–H groups in total. The van der Waals surface area contributed by atoms with Crippen LogP contribution in [0.15, 0.2) is 42.6 Å². The minimum Gasteiger partial charge on any atom is -0.473 e. The Bertz CT molecular complexity index is 1090. The molecule has 0 spiro atoms. The Morgan fingerprint density at radius 3 is 2.55 bits per heavy atom. The lowest BCUT2D eigenvalue weighted by Crippen LogP contribution is -2.45. The van der Waals surface area contributed by atoms with Crippen LogP contribution in [0, 0.1) is 12.7 Å². The number of likely N-dealkylation sites (N-methyl/N-ethyl adjacent to an activating group) is 1. The summed E-state index contributed by atoms with van der Waals surface area (Å²) in [6.07, 6.45) is 3.16.